The molecule has 1 saturated heterocycles. The molecule has 1 fully saturated rings. The number of hydrogen-bond acceptors (Lipinski definition) is 5. The zero-order valence-electron chi connectivity index (χ0n) is 11.1. The zero-order chi connectivity index (χ0) is 15.5. The molecular weight excluding hydrogens is 325 g/mol. The van der Waals surface area contributed by atoms with E-state index in [0.717, 1.165) is 28.2 Å². The van der Waals surface area contributed by atoms with Crippen molar-refractivity contribution in [2.75, 3.05) is 18.1 Å². The molecule has 0 radical (unpaired) electrons. The van der Waals surface area contributed by atoms with Crippen molar-refractivity contribution in [2.45, 2.75) is 31.0 Å². The number of aliphatic hydroxyl groups is 1. The van der Waals surface area contributed by atoms with Crippen LogP contribution in [-0.2, 0) is 17.4 Å². The number of carbonyl (C=O) groups excluding carboxylic acids is 1. The number of rotatable bonds is 4. The summed E-state index contributed by atoms with van der Waals surface area (Å²) in [5.41, 5.74) is -2.25. The molecule has 0 saturated carbocycles. The van der Waals surface area contributed by atoms with Crippen LogP contribution in [0.15, 0.2) is 5.38 Å². The number of amides is 1. The van der Waals surface area contributed by atoms with Gasteiger partial charge in [0.2, 0.25) is 0 Å². The first-order valence-electron chi connectivity index (χ1n) is 6.41. The van der Waals surface area contributed by atoms with Crippen molar-refractivity contribution in [1.82, 2.24) is 10.3 Å². The van der Waals surface area contributed by atoms with Crippen LogP contribution in [0.1, 0.15) is 23.5 Å². The van der Waals surface area contributed by atoms with Crippen LogP contribution < -0.4 is 5.32 Å². The van der Waals surface area contributed by atoms with Crippen molar-refractivity contribution < 1.29 is 23.1 Å². The first kappa shape index (κ1) is 16.6. The third-order valence-electron chi connectivity index (χ3n) is 3.21. The van der Waals surface area contributed by atoms with E-state index >= 15 is 0 Å². The molecule has 2 N–H and O–H groups in total. The molecule has 21 heavy (non-hydrogen) atoms. The summed E-state index contributed by atoms with van der Waals surface area (Å²) >= 11 is 2.60. The Morgan fingerprint density at radius 1 is 1.43 bits per heavy atom. The van der Waals surface area contributed by atoms with E-state index in [-0.39, 0.29) is 13.0 Å². The van der Waals surface area contributed by atoms with E-state index < -0.39 is 23.4 Å². The van der Waals surface area contributed by atoms with Crippen LogP contribution in [0.4, 0.5) is 13.2 Å². The summed E-state index contributed by atoms with van der Waals surface area (Å²) < 4.78 is 37.2. The number of hydrogen-bond donors (Lipinski definition) is 2. The molecule has 4 nitrogen and oxygen atoms in total. The predicted octanol–water partition coefficient (Wildman–Crippen LogP) is 2.08. The second kappa shape index (κ2) is 6.53. The smallest absolute Gasteiger partial charge is 0.380 e. The Hall–Kier alpha value is -0.800. The largest absolute Gasteiger partial charge is 0.434 e. The SMILES string of the molecule is O=C(NCCc1nc(C(F)(F)F)cs1)C1(O)CCSCC1. The minimum Gasteiger partial charge on any atom is -0.380 e. The number of aromatic nitrogens is 1. The first-order valence-corrected chi connectivity index (χ1v) is 8.45. The van der Waals surface area contributed by atoms with Crippen LogP contribution in [0, 0.1) is 0 Å². The van der Waals surface area contributed by atoms with E-state index in [9.17, 15) is 23.1 Å². The maximum Gasteiger partial charge on any atom is 0.434 e. The fraction of sp³-hybridized carbons (Fsp3) is 0.667. The number of nitrogens with one attached hydrogen (secondary N) is 1. The molecular formula is C12H15F3N2O2S2. The van der Waals surface area contributed by atoms with Gasteiger partial charge in [-0.3, -0.25) is 4.79 Å². The Kier molecular flexibility index (Phi) is 5.15. The molecule has 0 spiro atoms. The highest BCUT2D eigenvalue weighted by atomic mass is 32.2. The van der Waals surface area contributed by atoms with Gasteiger partial charge >= 0.3 is 6.18 Å². The van der Waals surface area contributed by atoms with Gasteiger partial charge in [0.1, 0.15) is 5.60 Å². The number of alkyl halides is 3. The van der Waals surface area contributed by atoms with Crippen molar-refractivity contribution in [3.63, 3.8) is 0 Å². The van der Waals surface area contributed by atoms with Gasteiger partial charge in [-0.2, -0.15) is 24.9 Å². The number of halogens is 3. The summed E-state index contributed by atoms with van der Waals surface area (Å²) in [5.74, 6) is 1.01. The van der Waals surface area contributed by atoms with Crippen LogP contribution in [-0.4, -0.2) is 39.6 Å². The van der Waals surface area contributed by atoms with Gasteiger partial charge in [-0.25, -0.2) is 4.98 Å². The summed E-state index contributed by atoms with van der Waals surface area (Å²) in [7, 11) is 0. The van der Waals surface area contributed by atoms with Gasteiger partial charge in [-0.15, -0.1) is 11.3 Å². The predicted molar refractivity (Wildman–Crippen MR) is 75.3 cm³/mol. The molecule has 1 amide bonds. The van der Waals surface area contributed by atoms with Crippen LogP contribution >= 0.6 is 23.1 Å². The molecule has 0 aliphatic carbocycles. The van der Waals surface area contributed by atoms with Crippen LogP contribution in [0.3, 0.4) is 0 Å². The quantitative estimate of drug-likeness (QED) is 0.881. The maximum absolute atomic E-state index is 12.4. The highest BCUT2D eigenvalue weighted by Crippen LogP contribution is 2.30. The molecule has 0 atom stereocenters. The minimum atomic E-state index is -4.44. The topological polar surface area (TPSA) is 62.2 Å². The second-order valence-corrected chi connectivity index (χ2v) is 6.94. The summed E-state index contributed by atoms with van der Waals surface area (Å²) in [5, 5.41) is 14.0. The first-order chi connectivity index (χ1) is 9.81. The summed E-state index contributed by atoms with van der Waals surface area (Å²) in [4.78, 5) is 15.4. The molecule has 1 aliphatic rings. The molecule has 2 rings (SSSR count). The normalized spacial score (nSPS) is 18.5. The highest BCUT2D eigenvalue weighted by molar-refractivity contribution is 7.99. The van der Waals surface area contributed by atoms with Crippen LogP contribution in [0.2, 0.25) is 0 Å². The second-order valence-electron chi connectivity index (χ2n) is 4.77. The monoisotopic (exact) mass is 340 g/mol. The number of thiazole rings is 1. The van der Waals surface area contributed by atoms with E-state index in [2.05, 4.69) is 10.3 Å². The van der Waals surface area contributed by atoms with Gasteiger partial charge in [0, 0.05) is 18.3 Å². The Morgan fingerprint density at radius 2 is 2.10 bits per heavy atom. The molecule has 2 heterocycles. The highest BCUT2D eigenvalue weighted by Gasteiger charge is 2.37. The lowest BCUT2D eigenvalue weighted by Crippen LogP contribution is -2.49. The van der Waals surface area contributed by atoms with Gasteiger partial charge in [0.25, 0.3) is 5.91 Å². The standard InChI is InChI=1S/C12H15F3N2O2S2/c13-12(14,15)8-7-21-9(17-8)1-4-16-10(18)11(19)2-5-20-6-3-11/h7,19H,1-6H2,(H,16,18). The molecule has 1 aromatic rings. The van der Waals surface area contributed by atoms with Gasteiger partial charge in [0.05, 0.1) is 5.01 Å². The molecule has 1 aliphatic heterocycles. The summed E-state index contributed by atoms with van der Waals surface area (Å²) in [6.45, 7) is 0.166. The summed E-state index contributed by atoms with van der Waals surface area (Å²) in [6, 6.07) is 0. The fourth-order valence-electron chi connectivity index (χ4n) is 1.94. The van der Waals surface area contributed by atoms with Gasteiger partial charge in [-0.1, -0.05) is 0 Å². The van der Waals surface area contributed by atoms with E-state index in [0.29, 0.717) is 17.8 Å². The third-order valence-corrected chi connectivity index (χ3v) is 5.10. The number of nitrogens with zero attached hydrogens (tertiary/aromatic N) is 1. The van der Waals surface area contributed by atoms with Crippen LogP contribution in [0.25, 0.3) is 0 Å². The summed E-state index contributed by atoms with van der Waals surface area (Å²) in [6.07, 6.45) is -3.41. The van der Waals surface area contributed by atoms with Crippen molar-refractivity contribution in [1.29, 1.82) is 0 Å². The van der Waals surface area contributed by atoms with Gasteiger partial charge in [-0.05, 0) is 24.3 Å². The van der Waals surface area contributed by atoms with E-state index in [1.54, 1.807) is 11.8 Å². The van der Waals surface area contributed by atoms with E-state index in [1.165, 1.54) is 0 Å². The number of thioether (sulfide) groups is 1. The maximum atomic E-state index is 12.4. The Labute approximate surface area is 128 Å². The van der Waals surface area contributed by atoms with Gasteiger partial charge in [0.15, 0.2) is 5.69 Å². The third kappa shape index (κ3) is 4.33. The lowest BCUT2D eigenvalue weighted by Gasteiger charge is -2.30. The van der Waals surface area contributed by atoms with Crippen molar-refractivity contribution >= 4 is 29.0 Å². The molecule has 0 bridgehead atoms. The number of carbonyl (C=O) groups is 1. The van der Waals surface area contributed by atoms with Crippen molar-refractivity contribution in [3.8, 4) is 0 Å². The van der Waals surface area contributed by atoms with E-state index in [4.69, 9.17) is 0 Å². The Balaban J connectivity index is 1.81. The Morgan fingerprint density at radius 3 is 2.67 bits per heavy atom. The molecule has 0 unspecified atom stereocenters. The molecule has 9 heteroatoms. The average Bonchev–Trinajstić information content (AvgIpc) is 2.88. The van der Waals surface area contributed by atoms with Crippen LogP contribution in [0.5, 0.6) is 0 Å². The van der Waals surface area contributed by atoms with E-state index in [1.807, 2.05) is 0 Å². The molecule has 1 aromatic heterocycles. The lowest BCUT2D eigenvalue weighted by atomic mass is 9.96. The zero-order valence-corrected chi connectivity index (χ0v) is 12.7. The lowest BCUT2D eigenvalue weighted by molar-refractivity contribution is -0.141. The minimum absolute atomic E-state index is 0.166. The average molecular weight is 340 g/mol. The van der Waals surface area contributed by atoms with Crippen molar-refractivity contribution in [3.05, 3.63) is 16.1 Å². The molecule has 118 valence electrons. The van der Waals surface area contributed by atoms with Gasteiger partial charge < -0.3 is 10.4 Å². The van der Waals surface area contributed by atoms with Crippen molar-refractivity contribution in [2.24, 2.45) is 0 Å². The molecule has 0 aromatic carbocycles. The Bertz CT molecular complexity index is 499. The fourth-order valence-corrected chi connectivity index (χ4v) is 3.91.